The van der Waals surface area contributed by atoms with Crippen molar-refractivity contribution in [3.63, 3.8) is 0 Å². The van der Waals surface area contributed by atoms with Gasteiger partial charge in [-0.05, 0) is 49.5 Å². The number of fused-ring (bicyclic) bond motifs is 1. The summed E-state index contributed by atoms with van der Waals surface area (Å²) in [6.07, 6.45) is 9.22. The van der Waals surface area contributed by atoms with Crippen molar-refractivity contribution in [3.05, 3.63) is 53.6 Å². The summed E-state index contributed by atoms with van der Waals surface area (Å²) in [6.45, 7) is 0. The molecule has 0 aliphatic heterocycles. The monoisotopic (exact) mass is 268 g/mol. The number of carboxylic acids is 1. The maximum absolute atomic E-state index is 10.5. The zero-order valence-corrected chi connectivity index (χ0v) is 11.1. The number of hydrogen-bond donors (Lipinski definition) is 1. The van der Waals surface area contributed by atoms with Crippen molar-refractivity contribution < 1.29 is 9.90 Å². The van der Waals surface area contributed by atoms with Crippen LogP contribution in [0.2, 0.25) is 0 Å². The third-order valence-corrected chi connectivity index (χ3v) is 3.62. The first kappa shape index (κ1) is 12.7. The van der Waals surface area contributed by atoms with E-state index in [1.807, 2.05) is 30.6 Å². The fourth-order valence-corrected chi connectivity index (χ4v) is 2.61. The fraction of sp³-hybridized carbons (Fsp3) is 0.250. The predicted molar refractivity (Wildman–Crippen MR) is 76.9 cm³/mol. The highest BCUT2D eigenvalue weighted by Gasteiger charge is 2.15. The minimum absolute atomic E-state index is 0.880. The molecule has 0 unspecified atom stereocenters. The maximum Gasteiger partial charge on any atom is 0.328 e. The Balaban J connectivity index is 1.88. The Labute approximate surface area is 117 Å². The SMILES string of the molecule is O=C(O)/C=C/c1ccc(-n2cnc3c2CCCC3)cc1. The molecule has 1 aromatic carbocycles. The van der Waals surface area contributed by atoms with Crippen molar-refractivity contribution in [3.8, 4) is 5.69 Å². The van der Waals surface area contributed by atoms with Crippen molar-refractivity contribution >= 4 is 12.0 Å². The Hall–Kier alpha value is -2.36. The summed E-state index contributed by atoms with van der Waals surface area (Å²) in [6, 6.07) is 7.84. The van der Waals surface area contributed by atoms with E-state index in [2.05, 4.69) is 9.55 Å². The van der Waals surface area contributed by atoms with Crippen LogP contribution in [-0.4, -0.2) is 20.6 Å². The van der Waals surface area contributed by atoms with Crippen LogP contribution in [0.4, 0.5) is 0 Å². The third-order valence-electron chi connectivity index (χ3n) is 3.62. The zero-order valence-electron chi connectivity index (χ0n) is 11.1. The summed E-state index contributed by atoms with van der Waals surface area (Å²) in [5.74, 6) is -0.933. The van der Waals surface area contributed by atoms with Gasteiger partial charge in [0.25, 0.3) is 0 Å². The summed E-state index contributed by atoms with van der Waals surface area (Å²) in [7, 11) is 0. The summed E-state index contributed by atoms with van der Waals surface area (Å²) in [5, 5.41) is 8.61. The number of carboxylic acid groups (broad SMARTS) is 1. The molecule has 0 saturated heterocycles. The van der Waals surface area contributed by atoms with Gasteiger partial charge in [0.1, 0.15) is 0 Å². The molecule has 2 aromatic rings. The molecule has 1 aromatic heterocycles. The molecule has 0 fully saturated rings. The van der Waals surface area contributed by atoms with Gasteiger partial charge in [-0.3, -0.25) is 0 Å². The molecule has 0 bridgehead atoms. The van der Waals surface area contributed by atoms with E-state index in [1.54, 1.807) is 6.08 Å². The summed E-state index contributed by atoms with van der Waals surface area (Å²) in [4.78, 5) is 15.0. The molecular weight excluding hydrogens is 252 g/mol. The Morgan fingerprint density at radius 1 is 1.20 bits per heavy atom. The molecule has 3 rings (SSSR count). The number of aliphatic carboxylic acids is 1. The van der Waals surface area contributed by atoms with E-state index in [9.17, 15) is 4.79 Å². The van der Waals surface area contributed by atoms with Gasteiger partial charge < -0.3 is 9.67 Å². The number of hydrogen-bond acceptors (Lipinski definition) is 2. The normalized spacial score (nSPS) is 14.4. The van der Waals surface area contributed by atoms with Crippen LogP contribution in [-0.2, 0) is 17.6 Å². The highest BCUT2D eigenvalue weighted by molar-refractivity contribution is 5.85. The predicted octanol–water partition coefficient (Wildman–Crippen LogP) is 2.85. The minimum Gasteiger partial charge on any atom is -0.478 e. The number of imidazole rings is 1. The van der Waals surface area contributed by atoms with Gasteiger partial charge in [-0.15, -0.1) is 0 Å². The van der Waals surface area contributed by atoms with Gasteiger partial charge in [0.15, 0.2) is 0 Å². The van der Waals surface area contributed by atoms with E-state index in [4.69, 9.17) is 5.11 Å². The van der Waals surface area contributed by atoms with E-state index >= 15 is 0 Å². The number of nitrogens with zero attached hydrogens (tertiary/aromatic N) is 2. The smallest absolute Gasteiger partial charge is 0.328 e. The van der Waals surface area contributed by atoms with Crippen molar-refractivity contribution in [2.75, 3.05) is 0 Å². The summed E-state index contributed by atoms with van der Waals surface area (Å²) in [5.41, 5.74) is 4.48. The number of aryl methyl sites for hydroxylation is 1. The molecule has 0 atom stereocenters. The highest BCUT2D eigenvalue weighted by Crippen LogP contribution is 2.23. The van der Waals surface area contributed by atoms with Crippen molar-refractivity contribution in [1.82, 2.24) is 9.55 Å². The lowest BCUT2D eigenvalue weighted by Crippen LogP contribution is -2.06. The van der Waals surface area contributed by atoms with Gasteiger partial charge in [0, 0.05) is 17.5 Å². The minimum atomic E-state index is -0.933. The molecule has 20 heavy (non-hydrogen) atoms. The van der Waals surface area contributed by atoms with E-state index in [0.29, 0.717) is 0 Å². The topological polar surface area (TPSA) is 55.1 Å². The highest BCUT2D eigenvalue weighted by atomic mass is 16.4. The van der Waals surface area contributed by atoms with Gasteiger partial charge in [-0.2, -0.15) is 0 Å². The van der Waals surface area contributed by atoms with Crippen LogP contribution in [0.25, 0.3) is 11.8 Å². The van der Waals surface area contributed by atoms with Crippen molar-refractivity contribution in [2.45, 2.75) is 25.7 Å². The molecule has 0 spiro atoms. The largest absolute Gasteiger partial charge is 0.478 e. The molecular formula is C16H16N2O2. The van der Waals surface area contributed by atoms with E-state index in [0.717, 1.165) is 30.2 Å². The Bertz CT molecular complexity index is 654. The Kier molecular flexibility index (Phi) is 3.37. The maximum atomic E-state index is 10.5. The lowest BCUT2D eigenvalue weighted by atomic mass is 10.0. The zero-order chi connectivity index (χ0) is 13.9. The standard InChI is InChI=1S/C16H16N2O2/c19-16(20)10-7-12-5-8-13(9-6-12)18-11-17-14-3-1-2-4-15(14)18/h5-11H,1-4H2,(H,19,20)/b10-7+. The van der Waals surface area contributed by atoms with Crippen LogP contribution in [0.1, 0.15) is 29.8 Å². The molecule has 1 heterocycles. The van der Waals surface area contributed by atoms with Gasteiger partial charge in [-0.1, -0.05) is 12.1 Å². The van der Waals surface area contributed by atoms with Crippen molar-refractivity contribution in [1.29, 1.82) is 0 Å². The van der Waals surface area contributed by atoms with Crippen LogP contribution in [0.5, 0.6) is 0 Å². The second-order valence-corrected chi connectivity index (χ2v) is 4.98. The number of rotatable bonds is 3. The molecule has 4 heteroatoms. The van der Waals surface area contributed by atoms with E-state index < -0.39 is 5.97 Å². The van der Waals surface area contributed by atoms with Crippen LogP contribution < -0.4 is 0 Å². The first-order valence-corrected chi connectivity index (χ1v) is 6.80. The van der Waals surface area contributed by atoms with Crippen LogP contribution in [0.15, 0.2) is 36.7 Å². The van der Waals surface area contributed by atoms with Crippen LogP contribution >= 0.6 is 0 Å². The molecule has 0 saturated carbocycles. The van der Waals surface area contributed by atoms with E-state index in [-0.39, 0.29) is 0 Å². The Morgan fingerprint density at radius 2 is 1.95 bits per heavy atom. The van der Waals surface area contributed by atoms with Gasteiger partial charge in [0.2, 0.25) is 0 Å². The van der Waals surface area contributed by atoms with Gasteiger partial charge in [-0.25, -0.2) is 9.78 Å². The molecule has 1 aliphatic carbocycles. The molecule has 102 valence electrons. The molecule has 0 radical (unpaired) electrons. The molecule has 1 N–H and O–H groups in total. The summed E-state index contributed by atoms with van der Waals surface area (Å²) >= 11 is 0. The first-order valence-electron chi connectivity index (χ1n) is 6.80. The van der Waals surface area contributed by atoms with E-state index in [1.165, 1.54) is 24.2 Å². The van der Waals surface area contributed by atoms with Gasteiger partial charge >= 0.3 is 5.97 Å². The number of benzene rings is 1. The lowest BCUT2D eigenvalue weighted by Gasteiger charge is -2.14. The van der Waals surface area contributed by atoms with Crippen LogP contribution in [0, 0.1) is 0 Å². The third kappa shape index (κ3) is 2.50. The first-order chi connectivity index (χ1) is 9.74. The quantitative estimate of drug-likeness (QED) is 0.871. The second kappa shape index (κ2) is 5.33. The number of aromatic nitrogens is 2. The average Bonchev–Trinajstić information content (AvgIpc) is 2.89. The lowest BCUT2D eigenvalue weighted by molar-refractivity contribution is -0.131. The average molecular weight is 268 g/mol. The molecule has 0 amide bonds. The second-order valence-electron chi connectivity index (χ2n) is 4.98. The Morgan fingerprint density at radius 3 is 2.70 bits per heavy atom. The molecule has 4 nitrogen and oxygen atoms in total. The van der Waals surface area contributed by atoms with Crippen LogP contribution in [0.3, 0.4) is 0 Å². The van der Waals surface area contributed by atoms with Gasteiger partial charge in [0.05, 0.1) is 12.0 Å². The molecule has 1 aliphatic rings. The summed E-state index contributed by atoms with van der Waals surface area (Å²) < 4.78 is 2.14. The number of carbonyl (C=O) groups is 1. The van der Waals surface area contributed by atoms with Crippen molar-refractivity contribution in [2.24, 2.45) is 0 Å². The fourth-order valence-electron chi connectivity index (χ4n) is 2.61.